The number of fused-ring (bicyclic) bond motifs is 6. The van der Waals surface area contributed by atoms with Gasteiger partial charge in [0.1, 0.15) is 0 Å². The number of nitrogens with zero attached hydrogens (tertiary/aromatic N) is 3. The third kappa shape index (κ3) is 3.80. The number of hydrogen-bond donors (Lipinski definition) is 0. The van der Waals surface area contributed by atoms with Crippen LogP contribution in [-0.2, 0) is 0 Å². The van der Waals surface area contributed by atoms with Crippen LogP contribution in [0.3, 0.4) is 0 Å². The number of pyridine rings is 1. The van der Waals surface area contributed by atoms with E-state index in [1.807, 2.05) is 6.20 Å². The van der Waals surface area contributed by atoms with E-state index in [-0.39, 0.29) is 0 Å². The average molecular weight is 562 g/mol. The Labute approximate surface area is 254 Å². The summed E-state index contributed by atoms with van der Waals surface area (Å²) in [4.78, 5) is 5.03. The molecule has 0 saturated carbocycles. The third-order valence-electron chi connectivity index (χ3n) is 8.76. The summed E-state index contributed by atoms with van der Waals surface area (Å²) in [6.07, 6.45) is 2.02. The molecule has 3 nitrogen and oxygen atoms in total. The normalized spacial score (nSPS) is 11.6. The van der Waals surface area contributed by atoms with Crippen molar-refractivity contribution in [2.24, 2.45) is 0 Å². The lowest BCUT2D eigenvalue weighted by molar-refractivity contribution is 1.17. The summed E-state index contributed by atoms with van der Waals surface area (Å²) in [6.45, 7) is 0. The van der Waals surface area contributed by atoms with Crippen molar-refractivity contribution in [1.29, 1.82) is 0 Å². The number of aromatic nitrogens is 3. The Hall–Kier alpha value is -5.93. The molecule has 44 heavy (non-hydrogen) atoms. The molecule has 0 radical (unpaired) electrons. The molecule has 0 aliphatic heterocycles. The molecule has 0 atom stereocenters. The van der Waals surface area contributed by atoms with Crippen LogP contribution in [0.25, 0.3) is 77.4 Å². The second-order valence-electron chi connectivity index (χ2n) is 11.3. The second kappa shape index (κ2) is 9.82. The number of hydrogen-bond acceptors (Lipinski definition) is 1. The van der Waals surface area contributed by atoms with Crippen molar-refractivity contribution in [1.82, 2.24) is 14.1 Å². The van der Waals surface area contributed by atoms with Gasteiger partial charge >= 0.3 is 0 Å². The molecule has 6 aromatic carbocycles. The third-order valence-corrected chi connectivity index (χ3v) is 8.76. The van der Waals surface area contributed by atoms with Crippen LogP contribution in [0.5, 0.6) is 0 Å². The maximum absolute atomic E-state index is 5.03. The maximum atomic E-state index is 5.03. The lowest BCUT2D eigenvalue weighted by atomic mass is 10.0. The molecule has 0 bridgehead atoms. The molecular formula is C41H27N3. The molecule has 3 heterocycles. The fourth-order valence-electron chi connectivity index (χ4n) is 6.71. The van der Waals surface area contributed by atoms with E-state index >= 15 is 0 Å². The Balaban J connectivity index is 1.21. The van der Waals surface area contributed by atoms with Crippen molar-refractivity contribution in [3.63, 3.8) is 0 Å². The lowest BCUT2D eigenvalue weighted by Gasteiger charge is -2.10. The molecule has 9 rings (SSSR count). The van der Waals surface area contributed by atoms with E-state index in [9.17, 15) is 0 Å². The van der Waals surface area contributed by atoms with Crippen molar-refractivity contribution >= 4 is 43.7 Å². The Bertz CT molecular complexity index is 2470. The smallest absolute Gasteiger partial charge is 0.0963 e. The largest absolute Gasteiger partial charge is 0.309 e. The van der Waals surface area contributed by atoms with Gasteiger partial charge in [0, 0.05) is 39.3 Å². The summed E-state index contributed by atoms with van der Waals surface area (Å²) in [6, 6.07) is 56.3. The SMILES string of the molecule is c1ccc(-c2ccc(-n3c4ccccc4c4cc(-c5cnc6c7ccccc7n(-c7ccccc7)c6c5)ccc43)cc2)cc1. The fraction of sp³-hybridized carbons (Fsp3) is 0. The highest BCUT2D eigenvalue weighted by molar-refractivity contribution is 6.11. The van der Waals surface area contributed by atoms with Gasteiger partial charge in [-0.2, -0.15) is 0 Å². The first-order valence-electron chi connectivity index (χ1n) is 15.0. The Morgan fingerprint density at radius 1 is 0.341 bits per heavy atom. The molecule has 0 amide bonds. The van der Waals surface area contributed by atoms with Gasteiger partial charge in [-0.25, -0.2) is 0 Å². The van der Waals surface area contributed by atoms with Crippen molar-refractivity contribution in [2.45, 2.75) is 0 Å². The van der Waals surface area contributed by atoms with E-state index in [0.717, 1.165) is 44.4 Å². The second-order valence-corrected chi connectivity index (χ2v) is 11.3. The molecule has 0 N–H and O–H groups in total. The van der Waals surface area contributed by atoms with E-state index in [4.69, 9.17) is 4.98 Å². The van der Waals surface area contributed by atoms with Crippen LogP contribution in [0.4, 0.5) is 0 Å². The van der Waals surface area contributed by atoms with Gasteiger partial charge in [-0.05, 0) is 71.3 Å². The van der Waals surface area contributed by atoms with Crippen LogP contribution < -0.4 is 0 Å². The highest BCUT2D eigenvalue weighted by atomic mass is 15.0. The monoisotopic (exact) mass is 561 g/mol. The Morgan fingerprint density at radius 3 is 1.66 bits per heavy atom. The van der Waals surface area contributed by atoms with Crippen LogP contribution in [0.15, 0.2) is 164 Å². The summed E-state index contributed by atoms with van der Waals surface area (Å²) in [5.41, 5.74) is 12.7. The van der Waals surface area contributed by atoms with Gasteiger partial charge in [0.15, 0.2) is 0 Å². The molecule has 0 fully saturated rings. The first-order chi connectivity index (χ1) is 21.8. The van der Waals surface area contributed by atoms with E-state index < -0.39 is 0 Å². The minimum Gasteiger partial charge on any atom is -0.309 e. The van der Waals surface area contributed by atoms with Crippen LogP contribution in [0, 0.1) is 0 Å². The molecule has 9 aromatic rings. The quantitative estimate of drug-likeness (QED) is 0.210. The summed E-state index contributed by atoms with van der Waals surface area (Å²) in [7, 11) is 0. The van der Waals surface area contributed by atoms with E-state index in [0.29, 0.717) is 0 Å². The van der Waals surface area contributed by atoms with Crippen LogP contribution >= 0.6 is 0 Å². The van der Waals surface area contributed by atoms with Crippen molar-refractivity contribution in [3.8, 4) is 33.6 Å². The standard InChI is InChI=1S/C41H27N3/c1-3-11-28(12-4-1)29-19-22-33(23-20-29)43-37-17-9-7-15-34(37)36-25-30(21-24-39(36)43)31-26-40-41(42-27-31)35-16-8-10-18-38(35)44(40)32-13-5-2-6-14-32/h1-27H. The zero-order valence-corrected chi connectivity index (χ0v) is 23.9. The van der Waals surface area contributed by atoms with E-state index in [2.05, 4.69) is 167 Å². The first-order valence-corrected chi connectivity index (χ1v) is 15.0. The van der Waals surface area contributed by atoms with Gasteiger partial charge in [0.05, 0.1) is 27.6 Å². The molecular weight excluding hydrogens is 534 g/mol. The fourth-order valence-corrected chi connectivity index (χ4v) is 6.71. The van der Waals surface area contributed by atoms with Gasteiger partial charge < -0.3 is 9.13 Å². The molecule has 3 heteroatoms. The summed E-state index contributed by atoms with van der Waals surface area (Å²) in [5.74, 6) is 0. The Morgan fingerprint density at radius 2 is 0.886 bits per heavy atom. The van der Waals surface area contributed by atoms with Crippen LogP contribution in [0.2, 0.25) is 0 Å². The maximum Gasteiger partial charge on any atom is 0.0963 e. The summed E-state index contributed by atoms with van der Waals surface area (Å²) < 4.78 is 4.70. The minimum absolute atomic E-state index is 1.02. The van der Waals surface area contributed by atoms with Crippen molar-refractivity contribution < 1.29 is 0 Å². The van der Waals surface area contributed by atoms with Gasteiger partial charge in [-0.15, -0.1) is 0 Å². The first kappa shape index (κ1) is 24.6. The molecule has 3 aromatic heterocycles. The van der Waals surface area contributed by atoms with Crippen molar-refractivity contribution in [3.05, 3.63) is 164 Å². The zero-order chi connectivity index (χ0) is 29.0. The predicted octanol–water partition coefficient (Wildman–Crippen LogP) is 10.6. The van der Waals surface area contributed by atoms with E-state index in [1.54, 1.807) is 0 Å². The minimum atomic E-state index is 1.02. The van der Waals surface area contributed by atoms with Gasteiger partial charge in [0.25, 0.3) is 0 Å². The van der Waals surface area contributed by atoms with Gasteiger partial charge in [-0.3, -0.25) is 4.98 Å². The highest BCUT2D eigenvalue weighted by Crippen LogP contribution is 2.37. The zero-order valence-electron chi connectivity index (χ0n) is 23.9. The predicted molar refractivity (Wildman–Crippen MR) is 184 cm³/mol. The molecule has 0 unspecified atom stereocenters. The molecule has 0 aliphatic carbocycles. The summed E-state index contributed by atoms with van der Waals surface area (Å²) >= 11 is 0. The topological polar surface area (TPSA) is 22.8 Å². The molecule has 206 valence electrons. The number of benzene rings is 6. The average Bonchev–Trinajstić information content (AvgIpc) is 3.61. The Kier molecular flexibility index (Phi) is 5.50. The highest BCUT2D eigenvalue weighted by Gasteiger charge is 2.16. The number of rotatable bonds is 4. The lowest BCUT2D eigenvalue weighted by Crippen LogP contribution is -1.94. The van der Waals surface area contributed by atoms with Gasteiger partial charge in [0.2, 0.25) is 0 Å². The van der Waals surface area contributed by atoms with E-state index in [1.165, 1.54) is 32.9 Å². The molecule has 0 aliphatic rings. The molecule has 0 spiro atoms. The summed E-state index contributed by atoms with van der Waals surface area (Å²) in [5, 5.41) is 3.63. The van der Waals surface area contributed by atoms with Crippen molar-refractivity contribution in [2.75, 3.05) is 0 Å². The molecule has 0 saturated heterocycles. The number of para-hydroxylation sites is 3. The van der Waals surface area contributed by atoms with Crippen LogP contribution in [-0.4, -0.2) is 14.1 Å². The van der Waals surface area contributed by atoms with Gasteiger partial charge in [-0.1, -0.05) is 103 Å². The van der Waals surface area contributed by atoms with Crippen LogP contribution in [0.1, 0.15) is 0 Å².